The second kappa shape index (κ2) is 3.31. The topological polar surface area (TPSA) is 40.9 Å². The molecule has 2 nitrogen and oxygen atoms in total. The fourth-order valence-corrected chi connectivity index (χ4v) is 1.52. The van der Waals surface area contributed by atoms with Crippen LogP contribution in [0.4, 0.5) is 0 Å². The Kier molecular flexibility index (Phi) is 2.00. The van der Waals surface area contributed by atoms with Gasteiger partial charge in [-0.1, -0.05) is 30.3 Å². The van der Waals surface area contributed by atoms with E-state index in [1.807, 2.05) is 12.1 Å². The van der Waals surface area contributed by atoms with Gasteiger partial charge in [-0.15, -0.1) is 0 Å². The first-order chi connectivity index (χ1) is 6.86. The van der Waals surface area contributed by atoms with Gasteiger partial charge in [0.05, 0.1) is 11.6 Å². The van der Waals surface area contributed by atoms with Crippen molar-refractivity contribution in [2.24, 2.45) is 0 Å². The number of hydrogen-bond donors (Lipinski definition) is 0. The normalized spacial score (nSPS) is 9.64. The Labute approximate surface area is 81.8 Å². The van der Waals surface area contributed by atoms with Gasteiger partial charge in [-0.2, -0.15) is 5.26 Å². The Balaban J connectivity index is 2.79. The number of hydrogen-bond acceptors (Lipinski definition) is 2. The third kappa shape index (κ3) is 1.16. The van der Waals surface area contributed by atoms with E-state index in [0.717, 1.165) is 17.4 Å². The summed E-state index contributed by atoms with van der Waals surface area (Å²) in [7, 11) is 0. The van der Waals surface area contributed by atoms with Crippen LogP contribution in [-0.4, -0.2) is 6.29 Å². The van der Waals surface area contributed by atoms with Gasteiger partial charge in [-0.3, -0.25) is 4.79 Å². The maximum atomic E-state index is 10.7. The van der Waals surface area contributed by atoms with Crippen molar-refractivity contribution in [2.75, 3.05) is 0 Å². The summed E-state index contributed by atoms with van der Waals surface area (Å²) in [6.45, 7) is 0. The lowest BCUT2D eigenvalue weighted by Crippen LogP contribution is -1.79. The van der Waals surface area contributed by atoms with E-state index < -0.39 is 0 Å². The van der Waals surface area contributed by atoms with Gasteiger partial charge in [0.2, 0.25) is 0 Å². The van der Waals surface area contributed by atoms with E-state index in [2.05, 4.69) is 6.07 Å². The number of rotatable bonds is 1. The van der Waals surface area contributed by atoms with Crippen molar-refractivity contribution < 1.29 is 4.79 Å². The molecule has 0 saturated heterocycles. The molecule has 0 spiro atoms. The van der Waals surface area contributed by atoms with Crippen LogP contribution in [0.1, 0.15) is 15.9 Å². The van der Waals surface area contributed by atoms with Crippen molar-refractivity contribution >= 4 is 6.29 Å². The smallest absolute Gasteiger partial charge is 0.150 e. The summed E-state index contributed by atoms with van der Waals surface area (Å²) in [5, 5.41) is 8.89. The van der Waals surface area contributed by atoms with Crippen LogP contribution in [0.15, 0.2) is 36.4 Å². The summed E-state index contributed by atoms with van der Waals surface area (Å²) in [5.41, 5.74) is 2.90. The Morgan fingerprint density at radius 1 is 1.07 bits per heavy atom. The molecule has 66 valence electrons. The van der Waals surface area contributed by atoms with E-state index >= 15 is 0 Å². The molecule has 0 fully saturated rings. The van der Waals surface area contributed by atoms with Gasteiger partial charge in [0, 0.05) is 11.1 Å². The molecular weight excluding hydrogens is 174 g/mol. The predicted molar refractivity (Wildman–Crippen MR) is 53.2 cm³/mol. The lowest BCUT2D eigenvalue weighted by Gasteiger charge is -1.94. The zero-order chi connectivity index (χ0) is 9.97. The van der Waals surface area contributed by atoms with Gasteiger partial charge in [-0.25, -0.2) is 0 Å². The fourth-order valence-electron chi connectivity index (χ4n) is 1.52. The molecule has 0 heterocycles. The summed E-state index contributed by atoms with van der Waals surface area (Å²) in [5.74, 6) is 0. The number of nitriles is 1. The third-order valence-electron chi connectivity index (χ3n) is 2.21. The molecule has 0 aromatic heterocycles. The average molecular weight is 181 g/mol. The minimum Gasteiger partial charge on any atom is -0.298 e. The van der Waals surface area contributed by atoms with Gasteiger partial charge in [0.15, 0.2) is 6.29 Å². The second-order valence-corrected chi connectivity index (χ2v) is 2.98. The number of carbonyl (C=O) groups excluding carboxylic acids is 1. The second-order valence-electron chi connectivity index (χ2n) is 2.98. The SMILES string of the molecule is N#Cc1ccccc2c(C=O)ccc1-2. The molecule has 0 aliphatic heterocycles. The summed E-state index contributed by atoms with van der Waals surface area (Å²) in [6.07, 6.45) is 0.809. The molecule has 2 rings (SSSR count). The Hall–Kier alpha value is -2.14. The molecule has 0 unspecified atom stereocenters. The van der Waals surface area contributed by atoms with Crippen molar-refractivity contribution in [1.29, 1.82) is 5.26 Å². The number of fused-ring (bicyclic) bond motifs is 1. The van der Waals surface area contributed by atoms with Gasteiger partial charge in [-0.05, 0) is 11.6 Å². The van der Waals surface area contributed by atoms with Gasteiger partial charge >= 0.3 is 0 Å². The number of carbonyl (C=O) groups is 1. The van der Waals surface area contributed by atoms with Gasteiger partial charge < -0.3 is 0 Å². The molecule has 2 aliphatic rings. The van der Waals surface area contributed by atoms with E-state index in [0.29, 0.717) is 11.1 Å². The molecule has 0 aromatic carbocycles. The van der Waals surface area contributed by atoms with Crippen molar-refractivity contribution in [3.63, 3.8) is 0 Å². The standard InChI is InChI=1S/C12H7NO/c13-7-9-3-1-2-4-11-10(8-14)5-6-12(9)11/h1-6,8H. The minimum atomic E-state index is 0.595. The van der Waals surface area contributed by atoms with Crippen molar-refractivity contribution in [3.8, 4) is 17.2 Å². The number of aldehydes is 1. The summed E-state index contributed by atoms with van der Waals surface area (Å²) in [6, 6.07) is 12.9. The molecule has 2 heteroatoms. The van der Waals surface area contributed by atoms with Crippen LogP contribution in [0.2, 0.25) is 0 Å². The first-order valence-electron chi connectivity index (χ1n) is 4.24. The first-order valence-corrected chi connectivity index (χ1v) is 4.24. The highest BCUT2D eigenvalue weighted by Crippen LogP contribution is 2.28. The van der Waals surface area contributed by atoms with Crippen LogP contribution >= 0.6 is 0 Å². The van der Waals surface area contributed by atoms with Crippen LogP contribution in [0, 0.1) is 11.3 Å². The average Bonchev–Trinajstić information content (AvgIpc) is 2.51. The zero-order valence-electron chi connectivity index (χ0n) is 7.40. The van der Waals surface area contributed by atoms with Crippen molar-refractivity contribution in [1.82, 2.24) is 0 Å². The highest BCUT2D eigenvalue weighted by atomic mass is 16.1. The Morgan fingerprint density at radius 2 is 1.86 bits per heavy atom. The zero-order valence-corrected chi connectivity index (χ0v) is 7.40. The van der Waals surface area contributed by atoms with Crippen molar-refractivity contribution in [2.45, 2.75) is 0 Å². The van der Waals surface area contributed by atoms with Crippen LogP contribution in [0.25, 0.3) is 11.1 Å². The lowest BCUT2D eigenvalue weighted by atomic mass is 10.1. The van der Waals surface area contributed by atoms with Gasteiger partial charge in [0.25, 0.3) is 0 Å². The summed E-state index contributed by atoms with van der Waals surface area (Å²) in [4.78, 5) is 10.7. The molecule has 0 saturated carbocycles. The molecule has 0 atom stereocenters. The third-order valence-corrected chi connectivity index (χ3v) is 2.21. The van der Waals surface area contributed by atoms with E-state index in [4.69, 9.17) is 5.26 Å². The molecule has 14 heavy (non-hydrogen) atoms. The molecule has 0 aromatic rings. The molecular formula is C12H7NO. The van der Waals surface area contributed by atoms with Crippen LogP contribution in [0.3, 0.4) is 0 Å². The van der Waals surface area contributed by atoms with E-state index in [1.54, 1.807) is 24.3 Å². The highest BCUT2D eigenvalue weighted by molar-refractivity contribution is 5.91. The summed E-state index contributed by atoms with van der Waals surface area (Å²) >= 11 is 0. The fraction of sp³-hybridized carbons (Fsp3) is 0. The summed E-state index contributed by atoms with van der Waals surface area (Å²) < 4.78 is 0. The molecule has 0 radical (unpaired) electrons. The first kappa shape index (κ1) is 8.46. The van der Waals surface area contributed by atoms with E-state index in [-0.39, 0.29) is 0 Å². The maximum absolute atomic E-state index is 10.7. The van der Waals surface area contributed by atoms with Gasteiger partial charge in [0.1, 0.15) is 0 Å². The van der Waals surface area contributed by atoms with Crippen LogP contribution < -0.4 is 0 Å². The van der Waals surface area contributed by atoms with E-state index in [1.165, 1.54) is 0 Å². The molecule has 0 amide bonds. The van der Waals surface area contributed by atoms with Crippen LogP contribution in [-0.2, 0) is 0 Å². The molecule has 0 bridgehead atoms. The highest BCUT2D eigenvalue weighted by Gasteiger charge is 2.10. The predicted octanol–water partition coefficient (Wildman–Crippen LogP) is 2.48. The Bertz CT molecular complexity index is 496. The number of nitrogens with zero attached hydrogens (tertiary/aromatic N) is 1. The Morgan fingerprint density at radius 3 is 2.57 bits per heavy atom. The quantitative estimate of drug-likeness (QED) is 0.634. The minimum absolute atomic E-state index is 0.595. The monoisotopic (exact) mass is 181 g/mol. The van der Waals surface area contributed by atoms with Crippen LogP contribution in [0.5, 0.6) is 0 Å². The van der Waals surface area contributed by atoms with Crippen molar-refractivity contribution in [3.05, 3.63) is 47.5 Å². The maximum Gasteiger partial charge on any atom is 0.150 e. The van der Waals surface area contributed by atoms with E-state index in [9.17, 15) is 4.79 Å². The molecule has 2 aliphatic carbocycles. The molecule has 0 N–H and O–H groups in total. The largest absolute Gasteiger partial charge is 0.298 e. The lowest BCUT2D eigenvalue weighted by molar-refractivity contribution is 0.112.